The van der Waals surface area contributed by atoms with E-state index >= 15 is 0 Å². The molecule has 0 saturated carbocycles. The SMILES string of the molecule is O=C(Nc1nc2ccccc2n1CCOc1ccc(F)cc1)c1ccc(F)cc1. The standard InChI is InChI=1S/C22H17F2N3O2/c23-16-7-5-15(6-8-16)21(28)26-22-25-19-3-1-2-4-20(19)27(22)13-14-29-18-11-9-17(24)10-12-18/h1-12H,13-14H2,(H,25,26,28). The van der Waals surface area contributed by atoms with E-state index in [0.29, 0.717) is 30.4 Å². The van der Waals surface area contributed by atoms with E-state index in [0.717, 1.165) is 11.0 Å². The van der Waals surface area contributed by atoms with Gasteiger partial charge >= 0.3 is 0 Å². The minimum absolute atomic E-state index is 0.297. The average Bonchev–Trinajstić information content (AvgIpc) is 3.07. The van der Waals surface area contributed by atoms with Crippen molar-refractivity contribution in [3.8, 4) is 5.75 Å². The van der Waals surface area contributed by atoms with E-state index in [4.69, 9.17) is 4.74 Å². The Morgan fingerprint density at radius 2 is 1.59 bits per heavy atom. The summed E-state index contributed by atoms with van der Waals surface area (Å²) in [4.78, 5) is 17.0. The number of carbonyl (C=O) groups excluding carboxylic acids is 1. The van der Waals surface area contributed by atoms with E-state index in [1.165, 1.54) is 36.4 Å². The third-order valence-corrected chi connectivity index (χ3v) is 4.38. The molecule has 7 heteroatoms. The molecule has 0 radical (unpaired) electrons. The van der Waals surface area contributed by atoms with Crippen molar-refractivity contribution in [1.82, 2.24) is 9.55 Å². The van der Waals surface area contributed by atoms with Crippen molar-refractivity contribution in [2.45, 2.75) is 6.54 Å². The molecule has 3 aromatic carbocycles. The normalized spacial score (nSPS) is 10.8. The van der Waals surface area contributed by atoms with E-state index in [9.17, 15) is 13.6 Å². The number of benzene rings is 3. The maximum atomic E-state index is 13.1. The molecule has 0 saturated heterocycles. The van der Waals surface area contributed by atoms with Crippen molar-refractivity contribution < 1.29 is 18.3 Å². The molecule has 0 fully saturated rings. The molecular weight excluding hydrogens is 376 g/mol. The van der Waals surface area contributed by atoms with Crippen LogP contribution in [0.3, 0.4) is 0 Å². The first kappa shape index (κ1) is 18.6. The number of amides is 1. The van der Waals surface area contributed by atoms with E-state index in [1.807, 2.05) is 28.8 Å². The van der Waals surface area contributed by atoms with Crippen LogP contribution in [0.5, 0.6) is 5.75 Å². The summed E-state index contributed by atoms with van der Waals surface area (Å²) in [5.74, 6) is -0.215. The number of nitrogens with one attached hydrogen (secondary N) is 1. The minimum Gasteiger partial charge on any atom is -0.492 e. The summed E-state index contributed by atoms with van der Waals surface area (Å²) >= 11 is 0. The molecule has 29 heavy (non-hydrogen) atoms. The fourth-order valence-corrected chi connectivity index (χ4v) is 2.96. The number of fused-ring (bicyclic) bond motifs is 1. The second-order valence-electron chi connectivity index (χ2n) is 6.34. The number of nitrogens with zero attached hydrogens (tertiary/aromatic N) is 2. The Labute approximate surface area is 165 Å². The molecule has 4 rings (SSSR count). The largest absolute Gasteiger partial charge is 0.492 e. The van der Waals surface area contributed by atoms with Gasteiger partial charge in [0.25, 0.3) is 5.91 Å². The quantitative estimate of drug-likeness (QED) is 0.519. The summed E-state index contributed by atoms with van der Waals surface area (Å²) < 4.78 is 33.6. The molecule has 0 bridgehead atoms. The fourth-order valence-electron chi connectivity index (χ4n) is 2.96. The topological polar surface area (TPSA) is 56.2 Å². The molecule has 4 aromatic rings. The smallest absolute Gasteiger partial charge is 0.257 e. The lowest BCUT2D eigenvalue weighted by atomic mass is 10.2. The number of hydrogen-bond acceptors (Lipinski definition) is 3. The van der Waals surface area contributed by atoms with Crippen LogP contribution >= 0.6 is 0 Å². The lowest BCUT2D eigenvalue weighted by Crippen LogP contribution is -2.18. The molecule has 5 nitrogen and oxygen atoms in total. The predicted octanol–water partition coefficient (Wildman–Crippen LogP) is 4.65. The zero-order chi connectivity index (χ0) is 20.2. The molecule has 0 unspecified atom stereocenters. The molecule has 0 aliphatic rings. The number of para-hydroxylation sites is 2. The monoisotopic (exact) mass is 393 g/mol. The first-order valence-corrected chi connectivity index (χ1v) is 9.01. The highest BCUT2D eigenvalue weighted by atomic mass is 19.1. The summed E-state index contributed by atoms with van der Waals surface area (Å²) in [5, 5.41) is 2.78. The Hall–Kier alpha value is -3.74. The molecule has 0 aliphatic carbocycles. The van der Waals surface area contributed by atoms with Crippen LogP contribution in [0.1, 0.15) is 10.4 Å². The third-order valence-electron chi connectivity index (χ3n) is 4.38. The van der Waals surface area contributed by atoms with Crippen LogP contribution in [0.25, 0.3) is 11.0 Å². The number of anilines is 1. The summed E-state index contributed by atoms with van der Waals surface area (Å²) in [7, 11) is 0. The molecule has 1 aromatic heterocycles. The Morgan fingerprint density at radius 3 is 2.31 bits per heavy atom. The lowest BCUT2D eigenvalue weighted by molar-refractivity contribution is 0.102. The Bertz CT molecular complexity index is 1140. The maximum absolute atomic E-state index is 13.1. The molecule has 0 spiro atoms. The van der Waals surface area contributed by atoms with Gasteiger partial charge in [-0.15, -0.1) is 0 Å². The first-order chi connectivity index (χ1) is 14.1. The van der Waals surface area contributed by atoms with Gasteiger partial charge in [-0.05, 0) is 60.7 Å². The van der Waals surface area contributed by atoms with Crippen molar-refractivity contribution in [2.75, 3.05) is 11.9 Å². The van der Waals surface area contributed by atoms with E-state index < -0.39 is 5.82 Å². The van der Waals surface area contributed by atoms with Crippen molar-refractivity contribution >= 4 is 22.9 Å². The number of carbonyl (C=O) groups is 1. The van der Waals surface area contributed by atoms with E-state index in [2.05, 4.69) is 10.3 Å². The number of halogens is 2. The van der Waals surface area contributed by atoms with Gasteiger partial charge in [-0.2, -0.15) is 0 Å². The number of aromatic nitrogens is 2. The number of imidazole rings is 1. The molecule has 0 aliphatic heterocycles. The van der Waals surface area contributed by atoms with Crippen molar-refractivity contribution in [2.24, 2.45) is 0 Å². The van der Waals surface area contributed by atoms with Crippen LogP contribution in [-0.2, 0) is 6.54 Å². The van der Waals surface area contributed by atoms with Gasteiger partial charge in [0, 0.05) is 5.56 Å². The number of ether oxygens (including phenoxy) is 1. The van der Waals surface area contributed by atoms with Gasteiger partial charge in [-0.3, -0.25) is 10.1 Å². The average molecular weight is 393 g/mol. The van der Waals surface area contributed by atoms with Gasteiger partial charge in [0.05, 0.1) is 17.6 Å². The van der Waals surface area contributed by atoms with Crippen LogP contribution in [0, 0.1) is 11.6 Å². The molecule has 1 N–H and O–H groups in total. The minimum atomic E-state index is -0.410. The first-order valence-electron chi connectivity index (χ1n) is 9.01. The summed E-state index contributed by atoms with van der Waals surface area (Å²) in [5.41, 5.74) is 1.89. The van der Waals surface area contributed by atoms with E-state index in [1.54, 1.807) is 12.1 Å². The Kier molecular flexibility index (Phi) is 5.20. The van der Waals surface area contributed by atoms with Crippen molar-refractivity contribution in [1.29, 1.82) is 0 Å². The van der Waals surface area contributed by atoms with Crippen LogP contribution in [0.4, 0.5) is 14.7 Å². The number of rotatable bonds is 6. The molecule has 1 heterocycles. The highest BCUT2D eigenvalue weighted by Gasteiger charge is 2.14. The van der Waals surface area contributed by atoms with Crippen molar-refractivity contribution in [3.05, 3.63) is 90.0 Å². The van der Waals surface area contributed by atoms with Crippen LogP contribution in [0.2, 0.25) is 0 Å². The summed E-state index contributed by atoms with van der Waals surface area (Å²) in [6, 6.07) is 18.5. The summed E-state index contributed by atoms with van der Waals surface area (Å²) in [6.07, 6.45) is 0. The zero-order valence-corrected chi connectivity index (χ0v) is 15.3. The van der Waals surface area contributed by atoms with Crippen LogP contribution in [0.15, 0.2) is 72.8 Å². The van der Waals surface area contributed by atoms with Crippen LogP contribution in [-0.4, -0.2) is 22.1 Å². The molecular formula is C22H17F2N3O2. The number of hydrogen-bond donors (Lipinski definition) is 1. The van der Waals surface area contributed by atoms with Crippen LogP contribution < -0.4 is 10.1 Å². The van der Waals surface area contributed by atoms with Crippen molar-refractivity contribution in [3.63, 3.8) is 0 Å². The highest BCUT2D eigenvalue weighted by Crippen LogP contribution is 2.21. The third kappa shape index (κ3) is 4.24. The lowest BCUT2D eigenvalue weighted by Gasteiger charge is -2.11. The van der Waals surface area contributed by atoms with Gasteiger partial charge in [0.1, 0.15) is 24.0 Å². The Morgan fingerprint density at radius 1 is 0.931 bits per heavy atom. The van der Waals surface area contributed by atoms with Gasteiger partial charge in [0.15, 0.2) is 0 Å². The van der Waals surface area contributed by atoms with Gasteiger partial charge in [-0.1, -0.05) is 12.1 Å². The van der Waals surface area contributed by atoms with Gasteiger partial charge in [-0.25, -0.2) is 13.8 Å². The molecule has 1 amide bonds. The van der Waals surface area contributed by atoms with Gasteiger partial charge < -0.3 is 9.30 Å². The van der Waals surface area contributed by atoms with Gasteiger partial charge in [0.2, 0.25) is 5.95 Å². The second kappa shape index (κ2) is 8.10. The highest BCUT2D eigenvalue weighted by molar-refractivity contribution is 6.04. The predicted molar refractivity (Wildman–Crippen MR) is 106 cm³/mol. The second-order valence-corrected chi connectivity index (χ2v) is 6.34. The summed E-state index contributed by atoms with van der Waals surface area (Å²) in [6.45, 7) is 0.711. The molecule has 146 valence electrons. The maximum Gasteiger partial charge on any atom is 0.257 e. The Balaban J connectivity index is 1.54. The van der Waals surface area contributed by atoms with E-state index in [-0.39, 0.29) is 11.7 Å². The molecule has 0 atom stereocenters. The zero-order valence-electron chi connectivity index (χ0n) is 15.3. The fraction of sp³-hybridized carbons (Fsp3) is 0.0909.